The molecule has 2 aliphatic heterocycles. The summed E-state index contributed by atoms with van der Waals surface area (Å²) in [5.74, 6) is -0.179. The fourth-order valence-corrected chi connectivity index (χ4v) is 4.52. The minimum Gasteiger partial charge on any atom is -0.334 e. The molecule has 0 radical (unpaired) electrons. The van der Waals surface area contributed by atoms with Crippen molar-refractivity contribution in [1.82, 2.24) is 15.1 Å². The van der Waals surface area contributed by atoms with E-state index in [4.69, 9.17) is 11.6 Å². The van der Waals surface area contributed by atoms with Crippen molar-refractivity contribution in [2.24, 2.45) is 0 Å². The maximum atomic E-state index is 13.1. The first-order valence-electron chi connectivity index (χ1n) is 10.8. The Morgan fingerprint density at radius 1 is 1.19 bits per heavy atom. The summed E-state index contributed by atoms with van der Waals surface area (Å²) >= 11 is 6.18. The lowest BCUT2D eigenvalue weighted by Crippen LogP contribution is -2.53. The molecule has 2 aliphatic rings. The van der Waals surface area contributed by atoms with Gasteiger partial charge >= 0.3 is 0 Å². The first-order valence-corrected chi connectivity index (χ1v) is 11.2. The van der Waals surface area contributed by atoms with Gasteiger partial charge in [-0.1, -0.05) is 29.8 Å². The van der Waals surface area contributed by atoms with Crippen LogP contribution >= 0.6 is 11.6 Å². The number of halogens is 2. The average Bonchev–Trinajstić information content (AvgIpc) is 3.55. The lowest BCUT2D eigenvalue weighted by Gasteiger charge is -2.39. The SMILES string of the molecule is CC(=O)C1NC1c1ccc(Cl)cc1/C=C/C(=O)N1CCN(Cc2ccc(F)cc2)CC1C. The second-order valence-corrected chi connectivity index (χ2v) is 9.02. The lowest BCUT2D eigenvalue weighted by molar-refractivity contribution is -0.130. The number of carbonyl (C=O) groups excluding carboxylic acids is 2. The topological polar surface area (TPSA) is 62.6 Å². The van der Waals surface area contributed by atoms with Crippen LogP contribution in [0.25, 0.3) is 6.08 Å². The van der Waals surface area contributed by atoms with Gasteiger partial charge in [0.15, 0.2) is 0 Å². The fraction of sp³-hybridized carbons (Fsp3) is 0.360. The van der Waals surface area contributed by atoms with E-state index in [2.05, 4.69) is 10.2 Å². The molecule has 168 valence electrons. The fourth-order valence-electron chi connectivity index (χ4n) is 4.34. The number of hydrogen-bond acceptors (Lipinski definition) is 4. The Labute approximate surface area is 192 Å². The van der Waals surface area contributed by atoms with E-state index in [0.29, 0.717) is 11.6 Å². The normalized spacial score (nSPS) is 23.5. The minimum atomic E-state index is -0.235. The van der Waals surface area contributed by atoms with E-state index in [-0.39, 0.29) is 35.6 Å². The summed E-state index contributed by atoms with van der Waals surface area (Å²) in [5, 5.41) is 3.77. The molecule has 1 amide bonds. The molecule has 0 spiro atoms. The van der Waals surface area contributed by atoms with Crippen LogP contribution in [0.1, 0.15) is 36.6 Å². The molecule has 0 aliphatic carbocycles. The summed E-state index contributed by atoms with van der Waals surface area (Å²) in [4.78, 5) is 28.7. The van der Waals surface area contributed by atoms with Crippen molar-refractivity contribution in [2.45, 2.75) is 38.5 Å². The third kappa shape index (κ3) is 5.26. The number of amides is 1. The molecule has 1 N–H and O–H groups in total. The third-order valence-corrected chi connectivity index (χ3v) is 6.36. The summed E-state index contributed by atoms with van der Waals surface area (Å²) in [6.07, 6.45) is 3.38. The van der Waals surface area contributed by atoms with Gasteiger partial charge < -0.3 is 4.90 Å². The van der Waals surface area contributed by atoms with Gasteiger partial charge in [0.2, 0.25) is 5.91 Å². The number of rotatable bonds is 6. The van der Waals surface area contributed by atoms with Gasteiger partial charge in [-0.25, -0.2) is 4.39 Å². The molecular formula is C25H27ClFN3O2. The predicted octanol–water partition coefficient (Wildman–Crippen LogP) is 3.83. The quantitative estimate of drug-likeness (QED) is 0.531. The molecule has 5 nitrogen and oxygen atoms in total. The largest absolute Gasteiger partial charge is 0.334 e. The summed E-state index contributed by atoms with van der Waals surface area (Å²) in [6, 6.07) is 11.9. The van der Waals surface area contributed by atoms with Gasteiger partial charge in [0.05, 0.1) is 12.1 Å². The molecule has 32 heavy (non-hydrogen) atoms. The highest BCUT2D eigenvalue weighted by atomic mass is 35.5. The maximum Gasteiger partial charge on any atom is 0.246 e. The van der Waals surface area contributed by atoms with Gasteiger partial charge in [-0.15, -0.1) is 0 Å². The minimum absolute atomic E-state index is 0.0338. The van der Waals surface area contributed by atoms with Crippen molar-refractivity contribution in [2.75, 3.05) is 19.6 Å². The number of carbonyl (C=O) groups is 2. The summed E-state index contributed by atoms with van der Waals surface area (Å²) in [7, 11) is 0. The van der Waals surface area contributed by atoms with Gasteiger partial charge in [0, 0.05) is 43.3 Å². The van der Waals surface area contributed by atoms with Crippen LogP contribution in [0.2, 0.25) is 5.02 Å². The van der Waals surface area contributed by atoms with Crippen molar-refractivity contribution in [3.63, 3.8) is 0 Å². The van der Waals surface area contributed by atoms with Crippen LogP contribution in [-0.2, 0) is 16.1 Å². The molecule has 3 unspecified atom stereocenters. The number of benzene rings is 2. The van der Waals surface area contributed by atoms with E-state index in [9.17, 15) is 14.0 Å². The van der Waals surface area contributed by atoms with E-state index in [1.165, 1.54) is 12.1 Å². The molecule has 2 fully saturated rings. The molecule has 7 heteroatoms. The van der Waals surface area contributed by atoms with Gasteiger partial charge in [0.25, 0.3) is 0 Å². The van der Waals surface area contributed by atoms with Crippen molar-refractivity contribution < 1.29 is 14.0 Å². The van der Waals surface area contributed by atoms with Crippen LogP contribution in [0.5, 0.6) is 0 Å². The van der Waals surface area contributed by atoms with Crippen LogP contribution in [0.4, 0.5) is 4.39 Å². The van der Waals surface area contributed by atoms with E-state index in [1.54, 1.807) is 37.3 Å². The molecule has 0 aromatic heterocycles. The Morgan fingerprint density at radius 2 is 1.94 bits per heavy atom. The van der Waals surface area contributed by atoms with Gasteiger partial charge in [-0.05, 0) is 60.9 Å². The van der Waals surface area contributed by atoms with Crippen molar-refractivity contribution >= 4 is 29.4 Å². The molecular weight excluding hydrogens is 429 g/mol. The lowest BCUT2D eigenvalue weighted by atomic mass is 10.0. The van der Waals surface area contributed by atoms with Gasteiger partial charge in [0.1, 0.15) is 11.6 Å². The molecule has 0 saturated carbocycles. The van der Waals surface area contributed by atoms with Gasteiger partial charge in [-0.3, -0.25) is 19.8 Å². The first-order chi connectivity index (χ1) is 15.3. The van der Waals surface area contributed by atoms with Crippen molar-refractivity contribution in [1.29, 1.82) is 0 Å². The maximum absolute atomic E-state index is 13.1. The zero-order valence-electron chi connectivity index (χ0n) is 18.2. The number of piperazine rings is 1. The Bertz CT molecular complexity index is 1040. The van der Waals surface area contributed by atoms with Crippen LogP contribution in [0.15, 0.2) is 48.5 Å². The highest BCUT2D eigenvalue weighted by Crippen LogP contribution is 2.34. The average molecular weight is 456 g/mol. The van der Waals surface area contributed by atoms with E-state index in [1.807, 2.05) is 24.0 Å². The summed E-state index contributed by atoms with van der Waals surface area (Å²) < 4.78 is 13.1. The predicted molar refractivity (Wildman–Crippen MR) is 124 cm³/mol. The summed E-state index contributed by atoms with van der Waals surface area (Å²) in [5.41, 5.74) is 2.87. The van der Waals surface area contributed by atoms with Crippen molar-refractivity contribution in [3.05, 3.63) is 76.1 Å². The second-order valence-electron chi connectivity index (χ2n) is 8.58. The molecule has 2 aromatic rings. The molecule has 4 rings (SSSR count). The standard InChI is InChI=1S/C25H27ClFN3O2/c1-16-14-29(15-18-3-7-21(27)8-4-18)11-12-30(16)23(32)10-5-19-13-20(26)6-9-22(19)25-24(28-25)17(2)31/h3-10,13,16,24-25,28H,11-12,14-15H2,1-2H3/b10-5+. The van der Waals surface area contributed by atoms with E-state index < -0.39 is 0 Å². The Kier molecular flexibility index (Phi) is 6.74. The van der Waals surface area contributed by atoms with Crippen LogP contribution < -0.4 is 5.32 Å². The number of hydrogen-bond donors (Lipinski definition) is 1. The molecule has 3 atom stereocenters. The Morgan fingerprint density at radius 3 is 2.59 bits per heavy atom. The Hall–Kier alpha value is -2.54. The molecule has 2 saturated heterocycles. The third-order valence-electron chi connectivity index (χ3n) is 6.12. The monoisotopic (exact) mass is 455 g/mol. The smallest absolute Gasteiger partial charge is 0.246 e. The molecule has 2 aromatic carbocycles. The highest BCUT2D eigenvalue weighted by Gasteiger charge is 2.41. The number of nitrogens with zero attached hydrogens (tertiary/aromatic N) is 2. The zero-order chi connectivity index (χ0) is 22.8. The summed E-state index contributed by atoms with van der Waals surface area (Å²) in [6.45, 7) is 6.49. The number of ketones is 1. The second kappa shape index (κ2) is 9.53. The zero-order valence-corrected chi connectivity index (χ0v) is 19.0. The molecule has 0 bridgehead atoms. The number of nitrogens with one attached hydrogen (secondary N) is 1. The van der Waals surface area contributed by atoms with E-state index in [0.717, 1.165) is 36.3 Å². The van der Waals surface area contributed by atoms with Crippen LogP contribution in [0, 0.1) is 5.82 Å². The highest BCUT2D eigenvalue weighted by molar-refractivity contribution is 6.30. The Balaban J connectivity index is 1.39. The number of Topliss-reactive ketones (excluding diaryl/α,β-unsaturated/α-hetero) is 1. The van der Waals surface area contributed by atoms with Gasteiger partial charge in [-0.2, -0.15) is 0 Å². The van der Waals surface area contributed by atoms with Crippen LogP contribution in [0.3, 0.4) is 0 Å². The van der Waals surface area contributed by atoms with E-state index >= 15 is 0 Å². The first kappa shape index (κ1) is 22.6. The van der Waals surface area contributed by atoms with Crippen molar-refractivity contribution in [3.8, 4) is 0 Å². The van der Waals surface area contributed by atoms with Crippen LogP contribution in [-0.4, -0.2) is 53.2 Å². The molecule has 2 heterocycles.